The predicted octanol–water partition coefficient (Wildman–Crippen LogP) is 5.25. The number of carbonyl (C=O) groups is 2. The minimum atomic E-state index is -4.16. The van der Waals surface area contributed by atoms with Crippen molar-refractivity contribution in [3.63, 3.8) is 0 Å². The highest BCUT2D eigenvalue weighted by Crippen LogP contribution is 2.27. The molecule has 1 N–H and O–H groups in total. The van der Waals surface area contributed by atoms with Crippen molar-refractivity contribution in [3.8, 4) is 5.75 Å². The van der Waals surface area contributed by atoms with Crippen molar-refractivity contribution in [3.05, 3.63) is 87.9 Å². The summed E-state index contributed by atoms with van der Waals surface area (Å²) in [6, 6.07) is 18.7. The second-order valence-corrected chi connectivity index (χ2v) is 11.8. The normalized spacial score (nSPS) is 11.9. The van der Waals surface area contributed by atoms with Crippen LogP contribution in [-0.2, 0) is 26.2 Å². The Labute approximate surface area is 243 Å². The fraction of sp³-hybridized carbons (Fsp3) is 0.286. The summed E-state index contributed by atoms with van der Waals surface area (Å²) in [5, 5.41) is 3.22. The first-order chi connectivity index (χ1) is 18.6. The van der Waals surface area contributed by atoms with E-state index in [4.69, 9.17) is 16.3 Å². The van der Waals surface area contributed by atoms with Gasteiger partial charge in [-0.1, -0.05) is 39.7 Å². The molecule has 208 valence electrons. The van der Waals surface area contributed by atoms with Gasteiger partial charge < -0.3 is 15.0 Å². The minimum absolute atomic E-state index is 0.0190. The van der Waals surface area contributed by atoms with Gasteiger partial charge in [-0.15, -0.1) is 0 Å². The summed E-state index contributed by atoms with van der Waals surface area (Å²) < 4.78 is 34.9. The monoisotopic (exact) mass is 635 g/mol. The summed E-state index contributed by atoms with van der Waals surface area (Å²) in [5.41, 5.74) is 0.985. The number of nitrogens with zero attached hydrogens (tertiary/aromatic N) is 2. The van der Waals surface area contributed by atoms with Gasteiger partial charge in [0, 0.05) is 22.6 Å². The third kappa shape index (κ3) is 7.97. The Kier molecular flexibility index (Phi) is 10.8. The topological polar surface area (TPSA) is 96.0 Å². The first-order valence-electron chi connectivity index (χ1n) is 12.4. The SMILES string of the molecule is CCNC(=O)C(C)N(Cc1cccc(Cl)c1)C(=O)CN(c1ccc(OCC)cc1)S(=O)(=O)c1ccc(Br)cc1. The fourth-order valence-electron chi connectivity index (χ4n) is 3.87. The van der Waals surface area contributed by atoms with Gasteiger partial charge in [0.1, 0.15) is 18.3 Å². The molecular weight excluding hydrogens is 606 g/mol. The molecule has 0 aliphatic rings. The maximum Gasteiger partial charge on any atom is 0.264 e. The number of hydrogen-bond acceptors (Lipinski definition) is 5. The highest BCUT2D eigenvalue weighted by atomic mass is 79.9. The van der Waals surface area contributed by atoms with Crippen LogP contribution < -0.4 is 14.4 Å². The maximum absolute atomic E-state index is 13.8. The molecule has 0 radical (unpaired) electrons. The van der Waals surface area contributed by atoms with E-state index in [0.717, 1.165) is 4.31 Å². The molecule has 1 unspecified atom stereocenters. The fourth-order valence-corrected chi connectivity index (χ4v) is 5.77. The molecule has 8 nitrogen and oxygen atoms in total. The van der Waals surface area contributed by atoms with Crippen LogP contribution >= 0.6 is 27.5 Å². The van der Waals surface area contributed by atoms with Gasteiger partial charge in [-0.05, 0) is 87.0 Å². The van der Waals surface area contributed by atoms with Gasteiger partial charge in [0.25, 0.3) is 10.0 Å². The molecule has 0 heterocycles. The van der Waals surface area contributed by atoms with Crippen LogP contribution in [0.2, 0.25) is 5.02 Å². The maximum atomic E-state index is 13.8. The smallest absolute Gasteiger partial charge is 0.264 e. The van der Waals surface area contributed by atoms with Crippen LogP contribution in [0.15, 0.2) is 82.2 Å². The second kappa shape index (κ2) is 13.8. The van der Waals surface area contributed by atoms with E-state index in [1.807, 2.05) is 6.92 Å². The Hall–Kier alpha value is -3.08. The zero-order chi connectivity index (χ0) is 28.6. The van der Waals surface area contributed by atoms with Crippen molar-refractivity contribution in [2.75, 3.05) is 24.0 Å². The molecule has 0 aromatic heterocycles. The van der Waals surface area contributed by atoms with E-state index in [-0.39, 0.29) is 23.0 Å². The number of nitrogens with one attached hydrogen (secondary N) is 1. The highest BCUT2D eigenvalue weighted by molar-refractivity contribution is 9.10. The van der Waals surface area contributed by atoms with Gasteiger partial charge in [0.05, 0.1) is 17.2 Å². The van der Waals surface area contributed by atoms with Crippen molar-refractivity contribution in [1.29, 1.82) is 0 Å². The number of ether oxygens (including phenoxy) is 1. The minimum Gasteiger partial charge on any atom is -0.494 e. The third-order valence-electron chi connectivity index (χ3n) is 5.88. The van der Waals surface area contributed by atoms with Crippen LogP contribution in [-0.4, -0.2) is 50.9 Å². The van der Waals surface area contributed by atoms with E-state index >= 15 is 0 Å². The van der Waals surface area contributed by atoms with Crippen LogP contribution in [0.25, 0.3) is 0 Å². The predicted molar refractivity (Wildman–Crippen MR) is 156 cm³/mol. The number of likely N-dealkylation sites (N-methyl/N-ethyl adjacent to an activating group) is 1. The molecule has 11 heteroatoms. The van der Waals surface area contributed by atoms with E-state index in [1.54, 1.807) is 74.5 Å². The lowest BCUT2D eigenvalue weighted by Gasteiger charge is -2.32. The summed E-state index contributed by atoms with van der Waals surface area (Å²) >= 11 is 9.48. The average molecular weight is 637 g/mol. The zero-order valence-electron chi connectivity index (χ0n) is 21.9. The van der Waals surface area contributed by atoms with Crippen molar-refractivity contribution in [1.82, 2.24) is 10.2 Å². The number of anilines is 1. The summed E-state index contributed by atoms with van der Waals surface area (Å²) in [6.45, 7) is 5.61. The van der Waals surface area contributed by atoms with Gasteiger partial charge in [-0.3, -0.25) is 13.9 Å². The number of benzene rings is 3. The number of amides is 2. The van der Waals surface area contributed by atoms with Gasteiger partial charge in [-0.2, -0.15) is 0 Å². The Balaban J connectivity index is 2.03. The van der Waals surface area contributed by atoms with Gasteiger partial charge in [-0.25, -0.2) is 8.42 Å². The second-order valence-electron chi connectivity index (χ2n) is 8.61. The van der Waals surface area contributed by atoms with Gasteiger partial charge in [0.2, 0.25) is 11.8 Å². The molecule has 0 aliphatic carbocycles. The quantitative estimate of drug-likeness (QED) is 0.293. The standard InChI is InChI=1S/C28H31BrClN3O5S/c1-4-31-28(35)20(3)32(18-21-7-6-8-23(30)17-21)27(34)19-33(24-11-13-25(14-12-24)38-5-2)39(36,37)26-15-9-22(29)10-16-26/h6-17,20H,4-5,18-19H2,1-3H3,(H,31,35). The van der Waals surface area contributed by atoms with Crippen molar-refractivity contribution in [2.24, 2.45) is 0 Å². The number of halogens is 2. The summed E-state index contributed by atoms with van der Waals surface area (Å²) in [4.78, 5) is 28.0. The largest absolute Gasteiger partial charge is 0.494 e. The Morgan fingerprint density at radius 2 is 1.69 bits per heavy atom. The van der Waals surface area contributed by atoms with Crippen molar-refractivity contribution in [2.45, 2.75) is 38.3 Å². The molecule has 0 fully saturated rings. The van der Waals surface area contributed by atoms with Crippen LogP contribution in [0.4, 0.5) is 5.69 Å². The molecule has 0 bridgehead atoms. The number of carbonyl (C=O) groups excluding carboxylic acids is 2. The molecule has 0 aliphatic heterocycles. The van der Waals surface area contributed by atoms with Gasteiger partial charge >= 0.3 is 0 Å². The molecule has 0 saturated carbocycles. The van der Waals surface area contributed by atoms with Gasteiger partial charge in [0.15, 0.2) is 0 Å². The first kappa shape index (κ1) is 30.5. The molecule has 0 spiro atoms. The molecule has 3 aromatic carbocycles. The van der Waals surface area contributed by atoms with E-state index < -0.39 is 28.5 Å². The molecular formula is C28H31BrClN3O5S. The number of rotatable bonds is 12. The van der Waals surface area contributed by atoms with Crippen molar-refractivity contribution >= 4 is 55.1 Å². The molecule has 3 aromatic rings. The number of sulfonamides is 1. The Morgan fingerprint density at radius 3 is 2.28 bits per heavy atom. The van der Waals surface area contributed by atoms with Crippen molar-refractivity contribution < 1.29 is 22.7 Å². The van der Waals surface area contributed by atoms with E-state index in [2.05, 4.69) is 21.2 Å². The molecule has 3 rings (SSSR count). The van der Waals surface area contributed by atoms with Crippen LogP contribution in [0.3, 0.4) is 0 Å². The van der Waals surface area contributed by atoms with E-state index in [9.17, 15) is 18.0 Å². The van der Waals surface area contributed by atoms with Crippen LogP contribution in [0.5, 0.6) is 5.75 Å². The zero-order valence-corrected chi connectivity index (χ0v) is 25.1. The van der Waals surface area contributed by atoms with Crippen LogP contribution in [0, 0.1) is 0 Å². The third-order valence-corrected chi connectivity index (χ3v) is 8.43. The van der Waals surface area contributed by atoms with E-state index in [0.29, 0.717) is 34.0 Å². The highest BCUT2D eigenvalue weighted by Gasteiger charge is 2.32. The van der Waals surface area contributed by atoms with Crippen LogP contribution in [0.1, 0.15) is 26.3 Å². The van der Waals surface area contributed by atoms with E-state index in [1.165, 1.54) is 17.0 Å². The lowest BCUT2D eigenvalue weighted by atomic mass is 10.1. The molecule has 0 saturated heterocycles. The summed E-state index contributed by atoms with van der Waals surface area (Å²) in [6.07, 6.45) is 0. The first-order valence-corrected chi connectivity index (χ1v) is 15.0. The molecule has 2 amide bonds. The Bertz CT molecular complexity index is 1390. The summed E-state index contributed by atoms with van der Waals surface area (Å²) in [7, 11) is -4.16. The lowest BCUT2D eigenvalue weighted by molar-refractivity contribution is -0.139. The lowest BCUT2D eigenvalue weighted by Crippen LogP contribution is -2.51. The Morgan fingerprint density at radius 1 is 1.03 bits per heavy atom. The molecule has 39 heavy (non-hydrogen) atoms. The summed E-state index contributed by atoms with van der Waals surface area (Å²) in [5.74, 6) is -0.333. The number of hydrogen-bond donors (Lipinski definition) is 1. The molecule has 1 atom stereocenters. The average Bonchev–Trinajstić information content (AvgIpc) is 2.91.